The molecule has 0 bridgehead atoms. The van der Waals surface area contributed by atoms with Gasteiger partial charge in [-0.1, -0.05) is 35.5 Å². The fourth-order valence-electron chi connectivity index (χ4n) is 1.87. The number of ether oxygens (including phenoxy) is 1. The third-order valence-corrected chi connectivity index (χ3v) is 3.35. The van der Waals surface area contributed by atoms with Crippen molar-refractivity contribution >= 4 is 21.9 Å². The standard InChI is InChI=1S/C16H11BrN2O3/c17-13-6-12(8-18-9-13)16(20)21-10-14-7-15(19-22-14)11-4-2-1-3-5-11/h1-9H,10H2. The van der Waals surface area contributed by atoms with E-state index < -0.39 is 5.97 Å². The van der Waals surface area contributed by atoms with E-state index in [0.717, 1.165) is 5.56 Å². The Balaban J connectivity index is 1.65. The van der Waals surface area contributed by atoms with Crippen molar-refractivity contribution in [3.05, 3.63) is 70.7 Å². The molecule has 2 aromatic heterocycles. The quantitative estimate of drug-likeness (QED) is 0.662. The molecule has 0 radical (unpaired) electrons. The van der Waals surface area contributed by atoms with Gasteiger partial charge < -0.3 is 9.26 Å². The Morgan fingerprint density at radius 3 is 2.77 bits per heavy atom. The predicted octanol–water partition coefficient (Wildman–Crippen LogP) is 3.86. The van der Waals surface area contributed by atoms with Gasteiger partial charge in [-0.2, -0.15) is 0 Å². The maximum atomic E-state index is 11.9. The molecule has 0 aliphatic rings. The van der Waals surface area contributed by atoms with Gasteiger partial charge in [0.2, 0.25) is 0 Å². The van der Waals surface area contributed by atoms with Gasteiger partial charge in [0.05, 0.1) is 5.56 Å². The summed E-state index contributed by atoms with van der Waals surface area (Å²) in [7, 11) is 0. The molecular weight excluding hydrogens is 348 g/mol. The monoisotopic (exact) mass is 358 g/mol. The molecule has 0 saturated carbocycles. The fourth-order valence-corrected chi connectivity index (χ4v) is 2.23. The highest BCUT2D eigenvalue weighted by Crippen LogP contribution is 2.19. The molecule has 0 amide bonds. The largest absolute Gasteiger partial charge is 0.454 e. The van der Waals surface area contributed by atoms with Gasteiger partial charge in [0.25, 0.3) is 0 Å². The van der Waals surface area contributed by atoms with E-state index in [4.69, 9.17) is 9.26 Å². The first-order valence-electron chi connectivity index (χ1n) is 6.51. The zero-order chi connectivity index (χ0) is 15.4. The number of nitrogens with zero attached hydrogens (tertiary/aromatic N) is 2. The lowest BCUT2D eigenvalue weighted by Crippen LogP contribution is -2.05. The van der Waals surface area contributed by atoms with Gasteiger partial charge >= 0.3 is 5.97 Å². The number of benzene rings is 1. The molecule has 5 nitrogen and oxygen atoms in total. The molecule has 0 aliphatic heterocycles. The predicted molar refractivity (Wildman–Crippen MR) is 83.0 cm³/mol. The van der Waals surface area contributed by atoms with E-state index in [2.05, 4.69) is 26.1 Å². The van der Waals surface area contributed by atoms with Crippen LogP contribution in [0.1, 0.15) is 16.1 Å². The van der Waals surface area contributed by atoms with E-state index in [1.807, 2.05) is 30.3 Å². The lowest BCUT2D eigenvalue weighted by molar-refractivity contribution is 0.0437. The maximum Gasteiger partial charge on any atom is 0.340 e. The Bertz CT molecular complexity index is 787. The Morgan fingerprint density at radius 1 is 1.18 bits per heavy atom. The van der Waals surface area contributed by atoms with Crippen molar-refractivity contribution in [1.82, 2.24) is 10.1 Å². The van der Waals surface area contributed by atoms with Crippen LogP contribution in [-0.4, -0.2) is 16.1 Å². The third kappa shape index (κ3) is 3.40. The number of rotatable bonds is 4. The lowest BCUT2D eigenvalue weighted by Gasteiger charge is -2.02. The number of hydrogen-bond acceptors (Lipinski definition) is 5. The Labute approximate surface area is 135 Å². The summed E-state index contributed by atoms with van der Waals surface area (Å²) in [5.74, 6) is 0.0154. The SMILES string of the molecule is O=C(OCc1cc(-c2ccccc2)no1)c1cncc(Br)c1. The van der Waals surface area contributed by atoms with Crippen molar-refractivity contribution in [3.63, 3.8) is 0 Å². The first-order valence-corrected chi connectivity index (χ1v) is 7.30. The fraction of sp³-hybridized carbons (Fsp3) is 0.0625. The summed E-state index contributed by atoms with van der Waals surface area (Å²) < 4.78 is 11.1. The Kier molecular flexibility index (Phi) is 4.29. The van der Waals surface area contributed by atoms with Gasteiger partial charge in [-0.25, -0.2) is 4.79 Å². The van der Waals surface area contributed by atoms with E-state index in [1.165, 1.54) is 6.20 Å². The molecule has 0 saturated heterocycles. The molecule has 22 heavy (non-hydrogen) atoms. The second-order valence-electron chi connectivity index (χ2n) is 4.51. The van der Waals surface area contributed by atoms with E-state index in [1.54, 1.807) is 18.3 Å². The molecule has 0 spiro atoms. The number of hydrogen-bond donors (Lipinski definition) is 0. The summed E-state index contributed by atoms with van der Waals surface area (Å²) in [5, 5.41) is 3.97. The van der Waals surface area contributed by atoms with E-state index >= 15 is 0 Å². The average Bonchev–Trinajstić information content (AvgIpc) is 3.02. The third-order valence-electron chi connectivity index (χ3n) is 2.91. The van der Waals surface area contributed by atoms with Crippen molar-refractivity contribution in [2.24, 2.45) is 0 Å². The topological polar surface area (TPSA) is 65.2 Å². The second kappa shape index (κ2) is 6.53. The zero-order valence-corrected chi connectivity index (χ0v) is 13.0. The molecule has 3 aromatic rings. The molecule has 6 heteroatoms. The van der Waals surface area contributed by atoms with Gasteiger partial charge in [0.15, 0.2) is 12.4 Å². The summed E-state index contributed by atoms with van der Waals surface area (Å²) in [6, 6.07) is 13.0. The number of carbonyl (C=O) groups is 1. The summed E-state index contributed by atoms with van der Waals surface area (Å²) in [6.45, 7) is 0.0190. The van der Waals surface area contributed by atoms with Gasteiger partial charge in [0, 0.05) is 28.5 Å². The van der Waals surface area contributed by atoms with Crippen LogP contribution in [0.25, 0.3) is 11.3 Å². The number of aromatic nitrogens is 2. The van der Waals surface area contributed by atoms with E-state index in [-0.39, 0.29) is 6.61 Å². The maximum absolute atomic E-state index is 11.9. The summed E-state index contributed by atoms with van der Waals surface area (Å²) in [4.78, 5) is 15.8. The van der Waals surface area contributed by atoms with Gasteiger partial charge in [-0.05, 0) is 22.0 Å². The van der Waals surface area contributed by atoms with Crippen LogP contribution in [0.2, 0.25) is 0 Å². The van der Waals surface area contributed by atoms with Crippen LogP contribution in [0.5, 0.6) is 0 Å². The van der Waals surface area contributed by atoms with Crippen LogP contribution in [0.4, 0.5) is 0 Å². The molecule has 0 atom stereocenters. The summed E-state index contributed by atoms with van der Waals surface area (Å²) in [5.41, 5.74) is 2.02. The second-order valence-corrected chi connectivity index (χ2v) is 5.43. The zero-order valence-electron chi connectivity index (χ0n) is 11.4. The first kappa shape index (κ1) is 14.5. The Hall–Kier alpha value is -2.47. The highest BCUT2D eigenvalue weighted by molar-refractivity contribution is 9.10. The highest BCUT2D eigenvalue weighted by atomic mass is 79.9. The van der Waals surface area contributed by atoms with Crippen molar-refractivity contribution in [3.8, 4) is 11.3 Å². The minimum atomic E-state index is -0.466. The van der Waals surface area contributed by atoms with Gasteiger partial charge in [0.1, 0.15) is 5.69 Å². The molecule has 2 heterocycles. The average molecular weight is 359 g/mol. The van der Waals surface area contributed by atoms with Crippen molar-refractivity contribution < 1.29 is 14.1 Å². The summed E-state index contributed by atoms with van der Waals surface area (Å²) >= 11 is 3.26. The number of pyridine rings is 1. The molecule has 0 N–H and O–H groups in total. The highest BCUT2D eigenvalue weighted by Gasteiger charge is 2.11. The van der Waals surface area contributed by atoms with Crippen molar-refractivity contribution in [1.29, 1.82) is 0 Å². The molecule has 0 aliphatic carbocycles. The number of esters is 1. The van der Waals surface area contributed by atoms with Gasteiger partial charge in [-0.15, -0.1) is 0 Å². The first-order chi connectivity index (χ1) is 10.7. The van der Waals surface area contributed by atoms with Crippen LogP contribution >= 0.6 is 15.9 Å². The van der Waals surface area contributed by atoms with E-state index in [9.17, 15) is 4.79 Å². The van der Waals surface area contributed by atoms with Crippen LogP contribution in [0.15, 0.2) is 63.9 Å². The smallest absolute Gasteiger partial charge is 0.340 e. The van der Waals surface area contributed by atoms with Crippen molar-refractivity contribution in [2.45, 2.75) is 6.61 Å². The van der Waals surface area contributed by atoms with Crippen LogP contribution in [0.3, 0.4) is 0 Å². The molecular formula is C16H11BrN2O3. The minimum Gasteiger partial charge on any atom is -0.454 e. The van der Waals surface area contributed by atoms with E-state index in [0.29, 0.717) is 21.5 Å². The normalized spacial score (nSPS) is 10.4. The van der Waals surface area contributed by atoms with Gasteiger partial charge in [-0.3, -0.25) is 4.98 Å². The number of halogens is 1. The number of carbonyl (C=O) groups excluding carboxylic acids is 1. The van der Waals surface area contributed by atoms with Crippen LogP contribution in [0, 0.1) is 0 Å². The molecule has 110 valence electrons. The minimum absolute atomic E-state index is 0.0190. The molecule has 0 fully saturated rings. The van der Waals surface area contributed by atoms with Crippen LogP contribution in [-0.2, 0) is 11.3 Å². The molecule has 1 aromatic carbocycles. The Morgan fingerprint density at radius 2 is 2.00 bits per heavy atom. The molecule has 0 unspecified atom stereocenters. The van der Waals surface area contributed by atoms with Crippen LogP contribution < -0.4 is 0 Å². The lowest BCUT2D eigenvalue weighted by atomic mass is 10.1. The molecule has 3 rings (SSSR count). The van der Waals surface area contributed by atoms with Crippen molar-refractivity contribution in [2.75, 3.05) is 0 Å². The summed E-state index contributed by atoms with van der Waals surface area (Å²) in [6.07, 6.45) is 3.04.